The number of imidazole rings is 2. The Morgan fingerprint density at radius 3 is 1.77 bits per heavy atom. The number of carbonyl (C=O) groups is 3. The first-order valence-corrected chi connectivity index (χ1v) is 18.3. The van der Waals surface area contributed by atoms with Crippen LogP contribution in [0.2, 0.25) is 0 Å². The fourth-order valence-corrected chi connectivity index (χ4v) is 6.56. The number of nitrogens with zero attached hydrogens (tertiary/aromatic N) is 8. The number of rotatable bonds is 17. The molecule has 4 aromatic heterocycles. The summed E-state index contributed by atoms with van der Waals surface area (Å²) in [6, 6.07) is 10.4. The van der Waals surface area contributed by atoms with Crippen LogP contribution >= 0.6 is 0 Å². The van der Waals surface area contributed by atoms with Gasteiger partial charge in [-0.2, -0.15) is 10.2 Å². The number of amides is 3. The Kier molecular flexibility index (Phi) is 11.8. The minimum absolute atomic E-state index is 0.210. The maximum atomic E-state index is 13.7. The monoisotopic (exact) mass is 765 g/mol. The summed E-state index contributed by atoms with van der Waals surface area (Å²) < 4.78 is 24.1. The summed E-state index contributed by atoms with van der Waals surface area (Å²) in [5.74, 6) is 0.128. The van der Waals surface area contributed by atoms with E-state index in [0.29, 0.717) is 89.3 Å². The second-order valence-corrected chi connectivity index (χ2v) is 13.2. The number of ether oxygens (including phenoxy) is 3. The topological polar surface area (TPSA) is 200 Å². The minimum Gasteiger partial charge on any atom is -0.494 e. The van der Waals surface area contributed by atoms with E-state index in [9.17, 15) is 14.4 Å². The van der Waals surface area contributed by atoms with Crippen LogP contribution in [0.3, 0.4) is 0 Å². The molecule has 0 aliphatic carbocycles. The number of nitrogens with one attached hydrogen (secondary N) is 2. The van der Waals surface area contributed by atoms with Crippen LogP contribution in [0.25, 0.3) is 22.1 Å². The number of aromatic nitrogens is 8. The van der Waals surface area contributed by atoms with E-state index in [0.717, 1.165) is 11.3 Å². The lowest BCUT2D eigenvalue weighted by molar-refractivity contribution is 0.0994. The predicted molar refractivity (Wildman–Crippen MR) is 212 cm³/mol. The van der Waals surface area contributed by atoms with Gasteiger partial charge in [-0.3, -0.25) is 34.4 Å². The Morgan fingerprint density at radius 2 is 1.27 bits per heavy atom. The van der Waals surface area contributed by atoms with Crippen molar-refractivity contribution in [3.8, 4) is 11.5 Å². The van der Waals surface area contributed by atoms with E-state index in [1.807, 2.05) is 63.5 Å². The summed E-state index contributed by atoms with van der Waals surface area (Å²) in [6.07, 6.45) is 4.51. The molecular weight excluding hydrogens is 718 g/mol. The average molecular weight is 766 g/mol. The summed E-state index contributed by atoms with van der Waals surface area (Å²) in [5, 5.41) is 14.8. The van der Waals surface area contributed by atoms with Crippen LogP contribution in [0.1, 0.15) is 68.6 Å². The van der Waals surface area contributed by atoms with Crippen LogP contribution in [0, 0.1) is 20.8 Å². The smallest absolute Gasteiger partial charge is 0.276 e. The molecule has 0 spiro atoms. The molecular formula is C39H47N11O6. The number of benzene rings is 2. The van der Waals surface area contributed by atoms with Crippen LogP contribution in [0.5, 0.6) is 11.5 Å². The summed E-state index contributed by atoms with van der Waals surface area (Å²) in [7, 11) is 3.13. The first-order chi connectivity index (χ1) is 27.0. The SMILES string of the molecule is CCn1nc(C)cc1C(=O)Nc1nc2cc(C(N)=O)cc(OC)c2n1C/C=C/Cn1c(NC(=O)c2cc(C)nn2CC)nc2cc(C)cc(OCCCOC)c21. The average Bonchev–Trinajstić information content (AvgIpc) is 3.93. The Bertz CT molecular complexity index is 2450. The molecule has 0 atom stereocenters. The highest BCUT2D eigenvalue weighted by atomic mass is 16.5. The van der Waals surface area contributed by atoms with Gasteiger partial charge in [0.2, 0.25) is 17.8 Å². The van der Waals surface area contributed by atoms with E-state index in [4.69, 9.17) is 29.9 Å². The molecule has 3 amide bonds. The zero-order valence-electron chi connectivity index (χ0n) is 32.7. The van der Waals surface area contributed by atoms with E-state index >= 15 is 0 Å². The zero-order valence-corrected chi connectivity index (χ0v) is 32.7. The quantitative estimate of drug-likeness (QED) is 0.0836. The van der Waals surface area contributed by atoms with Gasteiger partial charge in [0.25, 0.3) is 11.8 Å². The lowest BCUT2D eigenvalue weighted by atomic mass is 10.1. The highest BCUT2D eigenvalue weighted by Crippen LogP contribution is 2.33. The van der Waals surface area contributed by atoms with Crippen molar-refractivity contribution in [1.29, 1.82) is 0 Å². The third-order valence-corrected chi connectivity index (χ3v) is 9.07. The van der Waals surface area contributed by atoms with Crippen molar-refractivity contribution in [2.75, 3.05) is 38.1 Å². The third-order valence-electron chi connectivity index (χ3n) is 9.07. The fraction of sp³-hybridized carbons (Fsp3) is 0.359. The highest BCUT2D eigenvalue weighted by Gasteiger charge is 2.23. The molecule has 0 unspecified atom stereocenters. The van der Waals surface area contributed by atoms with Crippen LogP contribution < -0.4 is 25.8 Å². The van der Waals surface area contributed by atoms with E-state index in [2.05, 4.69) is 20.8 Å². The van der Waals surface area contributed by atoms with Crippen molar-refractivity contribution in [3.05, 3.63) is 82.5 Å². The number of methoxy groups -OCH3 is 2. The molecule has 0 aliphatic heterocycles. The lowest BCUT2D eigenvalue weighted by Gasteiger charge is -2.13. The number of aryl methyl sites for hydroxylation is 5. The number of fused-ring (bicyclic) bond motifs is 2. The van der Waals surface area contributed by atoms with Crippen LogP contribution in [0.4, 0.5) is 11.9 Å². The van der Waals surface area contributed by atoms with Gasteiger partial charge in [-0.15, -0.1) is 0 Å². The van der Waals surface area contributed by atoms with Crippen molar-refractivity contribution in [2.45, 2.75) is 67.2 Å². The molecule has 4 heterocycles. The molecule has 0 saturated heterocycles. The number of hydrogen-bond donors (Lipinski definition) is 3. The van der Waals surface area contributed by atoms with Gasteiger partial charge in [0.05, 0.1) is 36.1 Å². The zero-order chi connectivity index (χ0) is 40.1. The lowest BCUT2D eigenvalue weighted by Crippen LogP contribution is -2.20. The Labute approximate surface area is 323 Å². The molecule has 294 valence electrons. The second kappa shape index (κ2) is 16.9. The predicted octanol–water partition coefficient (Wildman–Crippen LogP) is 5.03. The highest BCUT2D eigenvalue weighted by molar-refractivity contribution is 6.05. The van der Waals surface area contributed by atoms with Crippen molar-refractivity contribution >= 4 is 51.7 Å². The summed E-state index contributed by atoms with van der Waals surface area (Å²) in [6.45, 7) is 11.9. The molecule has 6 aromatic rings. The standard InChI is InChI=1S/C39H47N11O6/c1-8-49-29(19-24(4)45-49)36(52)43-38-41-27-17-23(3)18-32(56-16-12-15-54-6)34(27)48(38)14-11-10-13-47-33-28(21-26(35(40)51)22-31(33)55-7)42-39(47)44-37(53)30-20-25(5)46-50(30)9-2/h10-11,17-22H,8-9,12-16H2,1-7H3,(H2,40,51)(H,41,43,52)(H,42,44,53)/b11-10+. The summed E-state index contributed by atoms with van der Waals surface area (Å²) in [5.41, 5.74) is 11.3. The molecule has 0 saturated carbocycles. The van der Waals surface area contributed by atoms with Gasteiger partial charge in [0.1, 0.15) is 33.9 Å². The van der Waals surface area contributed by atoms with Crippen LogP contribution in [-0.4, -0.2) is 83.8 Å². The van der Waals surface area contributed by atoms with Gasteiger partial charge in [0.15, 0.2) is 0 Å². The second-order valence-electron chi connectivity index (χ2n) is 13.2. The van der Waals surface area contributed by atoms with Crippen molar-refractivity contribution < 1.29 is 28.6 Å². The number of carbonyl (C=O) groups excluding carboxylic acids is 3. The van der Waals surface area contributed by atoms with E-state index in [1.165, 1.54) is 7.11 Å². The van der Waals surface area contributed by atoms with E-state index < -0.39 is 11.8 Å². The summed E-state index contributed by atoms with van der Waals surface area (Å²) in [4.78, 5) is 49.0. The van der Waals surface area contributed by atoms with E-state index in [1.54, 1.807) is 45.3 Å². The van der Waals surface area contributed by atoms with Gasteiger partial charge >= 0.3 is 0 Å². The molecule has 17 heteroatoms. The molecule has 0 fully saturated rings. The number of allylic oxidation sites excluding steroid dienone is 2. The molecule has 6 rings (SSSR count). The molecule has 4 N–H and O–H groups in total. The number of anilines is 2. The molecule has 0 bridgehead atoms. The van der Waals surface area contributed by atoms with Crippen molar-refractivity contribution in [3.63, 3.8) is 0 Å². The van der Waals surface area contributed by atoms with Gasteiger partial charge in [-0.25, -0.2) is 9.97 Å². The van der Waals surface area contributed by atoms with Crippen molar-refractivity contribution in [1.82, 2.24) is 38.7 Å². The Morgan fingerprint density at radius 1 is 0.732 bits per heavy atom. The van der Waals surface area contributed by atoms with Gasteiger partial charge < -0.3 is 29.1 Å². The largest absolute Gasteiger partial charge is 0.494 e. The Hall–Kier alpha value is -6.49. The number of hydrogen-bond acceptors (Lipinski definition) is 10. The van der Waals surface area contributed by atoms with E-state index in [-0.39, 0.29) is 30.5 Å². The first-order valence-electron chi connectivity index (χ1n) is 18.3. The summed E-state index contributed by atoms with van der Waals surface area (Å²) >= 11 is 0. The third kappa shape index (κ3) is 8.12. The van der Waals surface area contributed by atoms with Crippen LogP contribution in [0.15, 0.2) is 48.6 Å². The fourth-order valence-electron chi connectivity index (χ4n) is 6.56. The van der Waals surface area contributed by atoms with Crippen molar-refractivity contribution in [2.24, 2.45) is 5.73 Å². The van der Waals surface area contributed by atoms with Gasteiger partial charge in [0, 0.05) is 51.9 Å². The maximum Gasteiger partial charge on any atom is 0.276 e. The molecule has 0 radical (unpaired) electrons. The first kappa shape index (κ1) is 39.2. The Balaban J connectivity index is 1.38. The maximum absolute atomic E-state index is 13.7. The van der Waals surface area contributed by atoms with Crippen LogP contribution in [-0.2, 0) is 30.9 Å². The number of primary amides is 1. The molecule has 0 aliphatic rings. The number of nitrogens with two attached hydrogens (primary N) is 1. The van der Waals surface area contributed by atoms with Gasteiger partial charge in [-0.1, -0.05) is 12.2 Å². The molecule has 2 aromatic carbocycles. The molecule has 56 heavy (non-hydrogen) atoms. The normalized spacial score (nSPS) is 11.6. The van der Waals surface area contributed by atoms with Gasteiger partial charge in [-0.05, 0) is 76.6 Å². The molecule has 17 nitrogen and oxygen atoms in total. The minimum atomic E-state index is -0.644.